The number of rotatable bonds is 8. The van der Waals surface area contributed by atoms with Crippen molar-refractivity contribution >= 4 is 0 Å². The van der Waals surface area contributed by atoms with Crippen LogP contribution in [0.2, 0.25) is 0 Å². The molecule has 5 atom stereocenters. The molecule has 1 saturated heterocycles. The molecule has 4 N–H and O–H groups in total. The van der Waals surface area contributed by atoms with Gasteiger partial charge in [-0.2, -0.15) is 0 Å². The van der Waals surface area contributed by atoms with E-state index >= 15 is 0 Å². The van der Waals surface area contributed by atoms with Crippen molar-refractivity contribution in [1.29, 1.82) is 0 Å². The summed E-state index contributed by atoms with van der Waals surface area (Å²) in [6.07, 6.45) is -2.03. The zero-order valence-corrected chi connectivity index (χ0v) is 13.5. The van der Waals surface area contributed by atoms with Crippen molar-refractivity contribution in [3.63, 3.8) is 0 Å². The van der Waals surface area contributed by atoms with Crippen LogP contribution in [-0.4, -0.2) is 66.2 Å². The molecule has 1 heterocycles. The third-order valence-corrected chi connectivity index (χ3v) is 4.16. The predicted molar refractivity (Wildman–Crippen MR) is 85.9 cm³/mol. The standard InChI is InChI=1S/C17H27NO5/c1-22-17-16(21)15(20)14(19)13(23-17)11-18-10-6-5-9-12-7-3-2-4-8-12/h2-4,7-8,13-21H,5-6,9-11H2,1H3/t13-,14-,15+,16-,17+/m1/s1. The monoisotopic (exact) mass is 325 g/mol. The van der Waals surface area contributed by atoms with Gasteiger partial charge in [-0.15, -0.1) is 0 Å². The molecule has 130 valence electrons. The van der Waals surface area contributed by atoms with Crippen molar-refractivity contribution in [2.75, 3.05) is 20.2 Å². The fourth-order valence-corrected chi connectivity index (χ4v) is 2.75. The molecule has 0 amide bonds. The van der Waals surface area contributed by atoms with Crippen molar-refractivity contribution in [2.45, 2.75) is 50.0 Å². The van der Waals surface area contributed by atoms with E-state index < -0.39 is 30.7 Å². The normalized spacial score (nSPS) is 31.2. The lowest BCUT2D eigenvalue weighted by Gasteiger charge is -2.39. The maximum atomic E-state index is 9.94. The van der Waals surface area contributed by atoms with Crippen LogP contribution in [0.1, 0.15) is 18.4 Å². The molecule has 0 spiro atoms. The molecule has 1 aliphatic heterocycles. The minimum atomic E-state index is -1.27. The summed E-state index contributed by atoms with van der Waals surface area (Å²) < 4.78 is 10.4. The summed E-state index contributed by atoms with van der Waals surface area (Å²) >= 11 is 0. The SMILES string of the molecule is CO[C@H]1O[C@H](CNCCCCc2ccccc2)[C@@H](O)[C@H](O)[C@H]1O. The summed E-state index contributed by atoms with van der Waals surface area (Å²) in [6.45, 7) is 1.20. The van der Waals surface area contributed by atoms with E-state index in [0.717, 1.165) is 25.8 Å². The van der Waals surface area contributed by atoms with Gasteiger partial charge in [0.25, 0.3) is 0 Å². The van der Waals surface area contributed by atoms with E-state index in [1.807, 2.05) is 18.2 Å². The van der Waals surface area contributed by atoms with Crippen molar-refractivity contribution in [3.05, 3.63) is 35.9 Å². The van der Waals surface area contributed by atoms with Gasteiger partial charge in [-0.25, -0.2) is 0 Å². The van der Waals surface area contributed by atoms with Crippen molar-refractivity contribution in [3.8, 4) is 0 Å². The van der Waals surface area contributed by atoms with Gasteiger partial charge < -0.3 is 30.1 Å². The number of aliphatic hydroxyl groups is 3. The van der Waals surface area contributed by atoms with E-state index in [0.29, 0.717) is 6.54 Å². The predicted octanol–water partition coefficient (Wildman–Crippen LogP) is 0.0529. The molecule has 0 radical (unpaired) electrons. The Morgan fingerprint density at radius 1 is 1.04 bits per heavy atom. The fraction of sp³-hybridized carbons (Fsp3) is 0.647. The fourth-order valence-electron chi connectivity index (χ4n) is 2.75. The summed E-state index contributed by atoms with van der Waals surface area (Å²) in [5.74, 6) is 0. The largest absolute Gasteiger partial charge is 0.388 e. The van der Waals surface area contributed by atoms with Crippen LogP contribution in [0.4, 0.5) is 0 Å². The third-order valence-electron chi connectivity index (χ3n) is 4.16. The summed E-state index contributed by atoms with van der Waals surface area (Å²) in [7, 11) is 1.40. The highest BCUT2D eigenvalue weighted by Crippen LogP contribution is 2.21. The molecule has 2 rings (SSSR count). The van der Waals surface area contributed by atoms with Gasteiger partial charge in [0.15, 0.2) is 6.29 Å². The Morgan fingerprint density at radius 3 is 2.48 bits per heavy atom. The topological polar surface area (TPSA) is 91.2 Å². The maximum absolute atomic E-state index is 9.94. The Morgan fingerprint density at radius 2 is 1.78 bits per heavy atom. The highest BCUT2D eigenvalue weighted by Gasteiger charge is 2.43. The first-order valence-electron chi connectivity index (χ1n) is 8.10. The van der Waals surface area contributed by atoms with E-state index in [9.17, 15) is 15.3 Å². The van der Waals surface area contributed by atoms with Crippen LogP contribution in [0.5, 0.6) is 0 Å². The van der Waals surface area contributed by atoms with Gasteiger partial charge in [0.05, 0.1) is 0 Å². The highest BCUT2D eigenvalue weighted by atomic mass is 16.7. The van der Waals surface area contributed by atoms with E-state index in [4.69, 9.17) is 9.47 Å². The number of hydrogen-bond donors (Lipinski definition) is 4. The number of benzene rings is 1. The second-order valence-electron chi connectivity index (χ2n) is 5.90. The molecular formula is C17H27NO5. The molecule has 6 nitrogen and oxygen atoms in total. The van der Waals surface area contributed by atoms with Gasteiger partial charge >= 0.3 is 0 Å². The molecule has 1 aromatic rings. The Balaban J connectivity index is 1.63. The number of aryl methyl sites for hydroxylation is 1. The van der Waals surface area contributed by atoms with Crippen molar-refractivity contribution in [2.24, 2.45) is 0 Å². The third kappa shape index (κ3) is 5.24. The Hall–Kier alpha value is -1.02. The van der Waals surface area contributed by atoms with Crippen molar-refractivity contribution in [1.82, 2.24) is 5.32 Å². The van der Waals surface area contributed by atoms with E-state index in [2.05, 4.69) is 17.4 Å². The van der Waals surface area contributed by atoms with Crippen LogP contribution < -0.4 is 5.32 Å². The summed E-state index contributed by atoms with van der Waals surface area (Å²) in [4.78, 5) is 0. The average Bonchev–Trinajstić information content (AvgIpc) is 2.58. The van der Waals surface area contributed by atoms with Crippen LogP contribution >= 0.6 is 0 Å². The van der Waals surface area contributed by atoms with Crippen molar-refractivity contribution < 1.29 is 24.8 Å². The molecule has 1 fully saturated rings. The highest BCUT2D eigenvalue weighted by molar-refractivity contribution is 5.14. The first-order chi connectivity index (χ1) is 11.1. The van der Waals surface area contributed by atoms with Crippen LogP contribution in [0.25, 0.3) is 0 Å². The molecule has 6 heteroatoms. The zero-order chi connectivity index (χ0) is 16.7. The molecular weight excluding hydrogens is 298 g/mol. The minimum absolute atomic E-state index is 0.399. The van der Waals surface area contributed by atoms with E-state index in [1.54, 1.807) is 0 Å². The van der Waals surface area contributed by atoms with Gasteiger partial charge in [-0.05, 0) is 31.4 Å². The number of nitrogens with one attached hydrogen (secondary N) is 1. The first kappa shape index (κ1) is 18.3. The number of unbranched alkanes of at least 4 members (excludes halogenated alkanes) is 1. The van der Waals surface area contributed by atoms with Gasteiger partial charge in [0.2, 0.25) is 0 Å². The quantitative estimate of drug-likeness (QED) is 0.505. The molecule has 0 unspecified atom stereocenters. The minimum Gasteiger partial charge on any atom is -0.388 e. The Labute approximate surface area is 137 Å². The molecule has 23 heavy (non-hydrogen) atoms. The number of hydrogen-bond acceptors (Lipinski definition) is 6. The first-order valence-corrected chi connectivity index (χ1v) is 8.10. The van der Waals surface area contributed by atoms with Gasteiger partial charge in [0.1, 0.15) is 24.4 Å². The molecule has 0 aliphatic carbocycles. The summed E-state index contributed by atoms with van der Waals surface area (Å²) in [5.41, 5.74) is 1.33. The number of ether oxygens (including phenoxy) is 2. The van der Waals surface area contributed by atoms with Crippen LogP contribution in [0, 0.1) is 0 Å². The molecule has 1 aliphatic rings. The summed E-state index contributed by atoms with van der Waals surface area (Å²) in [6, 6.07) is 10.3. The second kappa shape index (κ2) is 9.32. The van der Waals surface area contributed by atoms with Crippen LogP contribution in [0.15, 0.2) is 30.3 Å². The zero-order valence-electron chi connectivity index (χ0n) is 13.5. The number of methoxy groups -OCH3 is 1. The molecule has 0 aromatic heterocycles. The molecule has 0 saturated carbocycles. The van der Waals surface area contributed by atoms with Gasteiger partial charge in [-0.3, -0.25) is 0 Å². The van der Waals surface area contributed by atoms with Crippen LogP contribution in [0.3, 0.4) is 0 Å². The Kier molecular flexibility index (Phi) is 7.42. The molecule has 0 bridgehead atoms. The lowest BCUT2D eigenvalue weighted by Crippen LogP contribution is -2.60. The Bertz CT molecular complexity index is 442. The lowest BCUT2D eigenvalue weighted by molar-refractivity contribution is -0.288. The smallest absolute Gasteiger partial charge is 0.186 e. The van der Waals surface area contributed by atoms with E-state index in [1.165, 1.54) is 12.7 Å². The maximum Gasteiger partial charge on any atom is 0.186 e. The van der Waals surface area contributed by atoms with Gasteiger partial charge in [0, 0.05) is 13.7 Å². The average molecular weight is 325 g/mol. The van der Waals surface area contributed by atoms with E-state index in [-0.39, 0.29) is 0 Å². The lowest BCUT2D eigenvalue weighted by atomic mass is 9.99. The van der Waals surface area contributed by atoms with Gasteiger partial charge in [-0.1, -0.05) is 30.3 Å². The summed E-state index contributed by atoms with van der Waals surface area (Å²) in [5, 5.41) is 32.7. The van der Waals surface area contributed by atoms with Crippen LogP contribution in [-0.2, 0) is 15.9 Å². The number of aliphatic hydroxyl groups excluding tert-OH is 3. The second-order valence-corrected chi connectivity index (χ2v) is 5.90. The molecule has 1 aromatic carbocycles.